The average Bonchev–Trinajstić information content (AvgIpc) is 3.48. The van der Waals surface area contributed by atoms with Gasteiger partial charge in [-0.15, -0.1) is 0 Å². The molecule has 6 nitrogen and oxygen atoms in total. The van der Waals surface area contributed by atoms with E-state index in [1.54, 1.807) is 0 Å². The van der Waals surface area contributed by atoms with Crippen LogP contribution < -0.4 is 0 Å². The van der Waals surface area contributed by atoms with Gasteiger partial charge in [0.25, 0.3) is 0 Å². The van der Waals surface area contributed by atoms with Crippen LogP contribution in [0.15, 0.2) is 134 Å². The van der Waals surface area contributed by atoms with Crippen LogP contribution in [0.4, 0.5) is 0 Å². The molecule has 82 heavy (non-hydrogen) atoms. The van der Waals surface area contributed by atoms with Crippen molar-refractivity contribution in [1.29, 1.82) is 0 Å². The van der Waals surface area contributed by atoms with Crippen LogP contribution in [0.3, 0.4) is 0 Å². The summed E-state index contributed by atoms with van der Waals surface area (Å²) in [6, 6.07) is 0. The zero-order chi connectivity index (χ0) is 59.2. The fourth-order valence-corrected chi connectivity index (χ4v) is 9.36. The van der Waals surface area contributed by atoms with E-state index in [-0.39, 0.29) is 31.1 Å². The minimum absolute atomic E-state index is 0.0833. The second-order valence-corrected chi connectivity index (χ2v) is 22.3. The highest BCUT2D eigenvalue weighted by molar-refractivity contribution is 5.71. The van der Waals surface area contributed by atoms with Gasteiger partial charge in [0.2, 0.25) is 0 Å². The van der Waals surface area contributed by atoms with Crippen LogP contribution in [-0.2, 0) is 28.6 Å². The number of unbranched alkanes of at least 4 members (excludes halogenated alkanes) is 28. The van der Waals surface area contributed by atoms with E-state index in [1.165, 1.54) is 128 Å². The van der Waals surface area contributed by atoms with Crippen LogP contribution >= 0.6 is 0 Å². The highest BCUT2D eigenvalue weighted by Crippen LogP contribution is 2.16. The van der Waals surface area contributed by atoms with Gasteiger partial charge in [-0.3, -0.25) is 14.4 Å². The van der Waals surface area contributed by atoms with Crippen LogP contribution in [0.25, 0.3) is 0 Å². The van der Waals surface area contributed by atoms with E-state index in [2.05, 4.69) is 154 Å². The molecule has 0 aliphatic rings. The number of ether oxygens (including phenoxy) is 3. The number of rotatable bonds is 61. The number of esters is 3. The minimum Gasteiger partial charge on any atom is -0.462 e. The molecule has 0 radical (unpaired) electrons. The average molecular weight is 1140 g/mol. The summed E-state index contributed by atoms with van der Waals surface area (Å²) in [7, 11) is 0. The van der Waals surface area contributed by atoms with Crippen molar-refractivity contribution in [3.05, 3.63) is 134 Å². The van der Waals surface area contributed by atoms with Gasteiger partial charge >= 0.3 is 17.9 Å². The smallest absolute Gasteiger partial charge is 0.306 e. The van der Waals surface area contributed by atoms with Gasteiger partial charge in [-0.25, -0.2) is 0 Å². The van der Waals surface area contributed by atoms with Crippen molar-refractivity contribution in [3.8, 4) is 0 Å². The molecule has 0 saturated carbocycles. The third-order valence-corrected chi connectivity index (χ3v) is 14.4. The van der Waals surface area contributed by atoms with Crippen molar-refractivity contribution in [2.24, 2.45) is 0 Å². The summed E-state index contributed by atoms with van der Waals surface area (Å²) >= 11 is 0. The Kier molecular flexibility index (Phi) is 65.3. The summed E-state index contributed by atoms with van der Waals surface area (Å²) in [4.78, 5) is 38.3. The number of hydrogen-bond acceptors (Lipinski definition) is 6. The quantitative estimate of drug-likeness (QED) is 0.0261. The van der Waals surface area contributed by atoms with Crippen LogP contribution in [-0.4, -0.2) is 37.2 Å². The molecule has 0 saturated heterocycles. The van der Waals surface area contributed by atoms with E-state index in [9.17, 15) is 14.4 Å². The summed E-state index contributed by atoms with van der Waals surface area (Å²) in [6.45, 7) is 6.40. The standard InChI is InChI=1S/C76H126O6/c1-4-7-10-13-16-19-22-24-26-28-30-31-32-33-34-35-36-37-38-39-40-41-42-43-44-45-47-48-50-52-54-57-60-63-66-69-75(78)81-72-73(71-80-74(77)68-65-62-59-56-21-18-15-12-9-6-3)82-76(79)70-67-64-61-58-55-53-51-49-46-29-27-25-23-20-17-14-11-8-5-2/h7-8,10-11,16-17,19-20,24-27,30-31,33-34,36-37,39-40,46,49,73H,4-6,9,12-15,18,21-23,28-29,32,35,38,41-45,47-48,50-72H2,1-3H3/b10-7-,11-8-,19-16-,20-17-,26-24-,27-25-,31-30-,34-33-,37-36-,40-39-,49-46-. The predicted molar refractivity (Wildman–Crippen MR) is 357 cm³/mol. The largest absolute Gasteiger partial charge is 0.462 e. The zero-order valence-corrected chi connectivity index (χ0v) is 53.5. The highest BCUT2D eigenvalue weighted by atomic mass is 16.6. The van der Waals surface area contributed by atoms with Gasteiger partial charge in [-0.05, 0) is 116 Å². The molecular formula is C76H126O6. The number of allylic oxidation sites excluding steroid dienone is 22. The summed E-state index contributed by atoms with van der Waals surface area (Å²) in [5.74, 6) is -0.894. The molecule has 0 rings (SSSR count). The maximum absolute atomic E-state index is 12.9. The first-order valence-electron chi connectivity index (χ1n) is 34.2. The van der Waals surface area contributed by atoms with Crippen molar-refractivity contribution >= 4 is 17.9 Å². The summed E-state index contributed by atoms with van der Waals surface area (Å²) in [6.07, 6.45) is 97.6. The molecule has 0 N–H and O–H groups in total. The number of carbonyl (C=O) groups excluding carboxylic acids is 3. The molecule has 466 valence electrons. The Morgan fingerprint density at radius 3 is 0.744 bits per heavy atom. The molecule has 0 aliphatic carbocycles. The first-order valence-corrected chi connectivity index (χ1v) is 34.2. The van der Waals surface area contributed by atoms with E-state index < -0.39 is 6.10 Å². The second kappa shape index (κ2) is 69.0. The lowest BCUT2D eigenvalue weighted by molar-refractivity contribution is -0.167. The molecule has 1 atom stereocenters. The lowest BCUT2D eigenvalue weighted by Gasteiger charge is -2.18. The van der Waals surface area contributed by atoms with E-state index in [0.717, 1.165) is 141 Å². The van der Waals surface area contributed by atoms with Crippen molar-refractivity contribution in [1.82, 2.24) is 0 Å². The summed E-state index contributed by atoms with van der Waals surface area (Å²) in [5, 5.41) is 0. The molecule has 6 heteroatoms. The fraction of sp³-hybridized carbons (Fsp3) is 0.671. The van der Waals surface area contributed by atoms with E-state index in [1.807, 2.05) is 0 Å². The third-order valence-electron chi connectivity index (χ3n) is 14.4. The summed E-state index contributed by atoms with van der Waals surface area (Å²) < 4.78 is 16.9. The number of carbonyl (C=O) groups is 3. The van der Waals surface area contributed by atoms with Crippen LogP contribution in [0, 0.1) is 0 Å². The Hall–Kier alpha value is -4.45. The SMILES string of the molecule is CC/C=C\C/C=C\C/C=C\C/C=C\C/C=C\C/C=C\C/C=C\CCCCCCCCCCCCCCCC(=O)OCC(COC(=O)CCCCCCCCCCCC)OC(=O)CCCCCCCC/C=C\C/C=C\C/C=C\C/C=C\CC. The molecule has 1 unspecified atom stereocenters. The minimum atomic E-state index is -0.788. The van der Waals surface area contributed by atoms with E-state index in [4.69, 9.17) is 14.2 Å². The molecule has 0 aromatic heterocycles. The van der Waals surface area contributed by atoms with Gasteiger partial charge in [-0.1, -0.05) is 309 Å². The molecule has 0 fully saturated rings. The van der Waals surface area contributed by atoms with Crippen molar-refractivity contribution < 1.29 is 28.6 Å². The molecule has 0 heterocycles. The third kappa shape index (κ3) is 66.4. The highest BCUT2D eigenvalue weighted by Gasteiger charge is 2.19. The topological polar surface area (TPSA) is 78.9 Å². The Morgan fingerprint density at radius 1 is 0.256 bits per heavy atom. The van der Waals surface area contributed by atoms with Gasteiger partial charge < -0.3 is 14.2 Å². The van der Waals surface area contributed by atoms with Gasteiger partial charge in [-0.2, -0.15) is 0 Å². The van der Waals surface area contributed by atoms with Gasteiger partial charge in [0, 0.05) is 19.3 Å². The Morgan fingerprint density at radius 2 is 0.476 bits per heavy atom. The first-order chi connectivity index (χ1) is 40.5. The Bertz CT molecular complexity index is 1730. The second-order valence-electron chi connectivity index (χ2n) is 22.3. The van der Waals surface area contributed by atoms with Gasteiger partial charge in [0.05, 0.1) is 0 Å². The van der Waals surface area contributed by atoms with Gasteiger partial charge in [0.1, 0.15) is 13.2 Å². The van der Waals surface area contributed by atoms with Crippen LogP contribution in [0.1, 0.15) is 310 Å². The molecule has 0 amide bonds. The van der Waals surface area contributed by atoms with Gasteiger partial charge in [0.15, 0.2) is 6.10 Å². The predicted octanol–water partition coefficient (Wildman–Crippen LogP) is 23.7. The van der Waals surface area contributed by atoms with E-state index in [0.29, 0.717) is 19.3 Å². The Labute approximate surface area is 506 Å². The molecule has 0 aromatic carbocycles. The monoisotopic (exact) mass is 1130 g/mol. The summed E-state index contributed by atoms with van der Waals surface area (Å²) in [5.41, 5.74) is 0. The molecule has 0 spiro atoms. The zero-order valence-electron chi connectivity index (χ0n) is 53.5. The van der Waals surface area contributed by atoms with Crippen LogP contribution in [0.5, 0.6) is 0 Å². The first kappa shape index (κ1) is 77.5. The number of hydrogen-bond donors (Lipinski definition) is 0. The van der Waals surface area contributed by atoms with Crippen molar-refractivity contribution in [3.63, 3.8) is 0 Å². The lowest BCUT2D eigenvalue weighted by atomic mass is 10.0. The Balaban J connectivity index is 4.17. The molecule has 0 bridgehead atoms. The maximum Gasteiger partial charge on any atom is 0.306 e. The molecule has 0 aromatic rings. The molecule has 0 aliphatic heterocycles. The fourth-order valence-electron chi connectivity index (χ4n) is 9.36. The lowest BCUT2D eigenvalue weighted by Crippen LogP contribution is -2.30. The molecular weight excluding hydrogens is 1010 g/mol. The maximum atomic E-state index is 12.9. The van der Waals surface area contributed by atoms with Crippen molar-refractivity contribution in [2.75, 3.05) is 13.2 Å². The van der Waals surface area contributed by atoms with Crippen molar-refractivity contribution in [2.45, 2.75) is 316 Å². The van der Waals surface area contributed by atoms with E-state index >= 15 is 0 Å². The van der Waals surface area contributed by atoms with Crippen LogP contribution in [0.2, 0.25) is 0 Å². The normalized spacial score (nSPS) is 13.0.